The van der Waals surface area contributed by atoms with Crippen molar-refractivity contribution in [1.29, 1.82) is 0 Å². The van der Waals surface area contributed by atoms with Crippen LogP contribution >= 0.6 is 0 Å². The van der Waals surface area contributed by atoms with E-state index in [2.05, 4.69) is 5.32 Å². The number of nitrogens with zero attached hydrogens (tertiary/aromatic N) is 1. The zero-order chi connectivity index (χ0) is 11.1. The molecule has 0 aromatic heterocycles. The number of hydrogen-bond acceptors (Lipinski definition) is 3. The minimum atomic E-state index is -0.557. The Kier molecular flexibility index (Phi) is 5.87. The third-order valence-electron chi connectivity index (χ3n) is 1.72. The van der Waals surface area contributed by atoms with E-state index in [0.717, 1.165) is 6.42 Å². The standard InChI is InChI=1S/C9H19N3O2/c1-4-5-11-8(13)6-12(3)9(14)7(2)10/h7H,4-6,10H2,1-3H3,(H,11,13)/t7-/m1/s1. The summed E-state index contributed by atoms with van der Waals surface area (Å²) in [4.78, 5) is 23.8. The first-order chi connectivity index (χ1) is 6.49. The van der Waals surface area contributed by atoms with E-state index in [1.165, 1.54) is 4.90 Å². The zero-order valence-corrected chi connectivity index (χ0v) is 9.04. The Hall–Kier alpha value is -1.10. The van der Waals surface area contributed by atoms with Gasteiger partial charge in [0.15, 0.2) is 0 Å². The summed E-state index contributed by atoms with van der Waals surface area (Å²) in [7, 11) is 1.57. The van der Waals surface area contributed by atoms with Gasteiger partial charge in [0.25, 0.3) is 0 Å². The summed E-state index contributed by atoms with van der Waals surface area (Å²) in [6, 6.07) is -0.557. The summed E-state index contributed by atoms with van der Waals surface area (Å²) >= 11 is 0. The third-order valence-corrected chi connectivity index (χ3v) is 1.72. The average Bonchev–Trinajstić information content (AvgIpc) is 2.13. The van der Waals surface area contributed by atoms with E-state index in [0.29, 0.717) is 6.54 Å². The minimum absolute atomic E-state index is 0.0698. The molecule has 0 spiro atoms. The first-order valence-electron chi connectivity index (χ1n) is 4.76. The number of carbonyl (C=O) groups excluding carboxylic acids is 2. The van der Waals surface area contributed by atoms with Gasteiger partial charge in [-0.05, 0) is 13.3 Å². The molecule has 0 aliphatic heterocycles. The number of carbonyl (C=O) groups is 2. The molecule has 0 saturated carbocycles. The molecule has 14 heavy (non-hydrogen) atoms. The SMILES string of the molecule is CCCNC(=O)CN(C)C(=O)[C@@H](C)N. The van der Waals surface area contributed by atoms with Crippen molar-refractivity contribution < 1.29 is 9.59 Å². The fourth-order valence-corrected chi connectivity index (χ4v) is 0.961. The van der Waals surface area contributed by atoms with Crippen molar-refractivity contribution in [3.8, 4) is 0 Å². The van der Waals surface area contributed by atoms with Gasteiger partial charge in [0, 0.05) is 13.6 Å². The predicted molar refractivity (Wildman–Crippen MR) is 54.6 cm³/mol. The smallest absolute Gasteiger partial charge is 0.239 e. The first-order valence-corrected chi connectivity index (χ1v) is 4.76. The Bertz CT molecular complexity index is 204. The van der Waals surface area contributed by atoms with E-state index in [1.54, 1.807) is 14.0 Å². The molecule has 0 aliphatic rings. The highest BCUT2D eigenvalue weighted by atomic mass is 16.2. The van der Waals surface area contributed by atoms with Crippen molar-refractivity contribution in [2.24, 2.45) is 5.73 Å². The molecule has 0 unspecified atom stereocenters. The summed E-state index contributed by atoms with van der Waals surface area (Å²) < 4.78 is 0. The summed E-state index contributed by atoms with van der Waals surface area (Å²) in [6.45, 7) is 4.28. The van der Waals surface area contributed by atoms with Crippen molar-refractivity contribution in [3.63, 3.8) is 0 Å². The number of nitrogens with one attached hydrogen (secondary N) is 1. The van der Waals surface area contributed by atoms with Crippen LogP contribution < -0.4 is 11.1 Å². The number of amides is 2. The molecule has 1 atom stereocenters. The van der Waals surface area contributed by atoms with Gasteiger partial charge in [-0.1, -0.05) is 6.92 Å². The number of likely N-dealkylation sites (N-methyl/N-ethyl adjacent to an activating group) is 1. The predicted octanol–water partition coefficient (Wildman–Crippen LogP) is -0.682. The largest absolute Gasteiger partial charge is 0.355 e. The van der Waals surface area contributed by atoms with Crippen LogP contribution in [-0.4, -0.2) is 42.9 Å². The second-order valence-electron chi connectivity index (χ2n) is 3.33. The molecule has 0 aliphatic carbocycles. The Morgan fingerprint density at radius 3 is 2.50 bits per heavy atom. The Labute approximate surface area is 84.6 Å². The van der Waals surface area contributed by atoms with Gasteiger partial charge in [0.2, 0.25) is 11.8 Å². The lowest BCUT2D eigenvalue weighted by Gasteiger charge is -2.18. The monoisotopic (exact) mass is 201 g/mol. The van der Waals surface area contributed by atoms with E-state index >= 15 is 0 Å². The Morgan fingerprint density at radius 2 is 2.07 bits per heavy atom. The fraction of sp³-hybridized carbons (Fsp3) is 0.778. The molecule has 0 saturated heterocycles. The van der Waals surface area contributed by atoms with E-state index in [-0.39, 0.29) is 18.4 Å². The van der Waals surface area contributed by atoms with Gasteiger partial charge in [-0.2, -0.15) is 0 Å². The molecule has 5 nitrogen and oxygen atoms in total. The highest BCUT2D eigenvalue weighted by Gasteiger charge is 2.15. The number of rotatable bonds is 5. The molecule has 2 amide bonds. The molecule has 0 heterocycles. The van der Waals surface area contributed by atoms with Crippen molar-refractivity contribution in [1.82, 2.24) is 10.2 Å². The van der Waals surface area contributed by atoms with Crippen LogP contribution in [0, 0.1) is 0 Å². The molecule has 5 heteroatoms. The van der Waals surface area contributed by atoms with E-state index in [1.807, 2.05) is 6.92 Å². The molecule has 0 aromatic rings. The van der Waals surface area contributed by atoms with Crippen LogP contribution in [0.15, 0.2) is 0 Å². The first kappa shape index (κ1) is 12.9. The lowest BCUT2D eigenvalue weighted by molar-refractivity contribution is -0.135. The van der Waals surface area contributed by atoms with Crippen LogP contribution in [0.4, 0.5) is 0 Å². The van der Waals surface area contributed by atoms with Crippen LogP contribution in [0.25, 0.3) is 0 Å². The maximum absolute atomic E-state index is 11.3. The van der Waals surface area contributed by atoms with Gasteiger partial charge < -0.3 is 16.0 Å². The van der Waals surface area contributed by atoms with Crippen molar-refractivity contribution in [2.45, 2.75) is 26.3 Å². The van der Waals surface area contributed by atoms with Gasteiger partial charge in [0.05, 0.1) is 12.6 Å². The second-order valence-corrected chi connectivity index (χ2v) is 3.33. The fourth-order valence-electron chi connectivity index (χ4n) is 0.961. The Balaban J connectivity index is 3.87. The quantitative estimate of drug-likeness (QED) is 0.618. The molecule has 3 N–H and O–H groups in total. The van der Waals surface area contributed by atoms with Crippen molar-refractivity contribution in [2.75, 3.05) is 20.1 Å². The molecule has 0 rings (SSSR count). The van der Waals surface area contributed by atoms with Crippen LogP contribution in [0.3, 0.4) is 0 Å². The zero-order valence-electron chi connectivity index (χ0n) is 9.04. The summed E-state index contributed by atoms with van der Waals surface area (Å²) in [6.07, 6.45) is 0.886. The molecular weight excluding hydrogens is 182 g/mol. The lowest BCUT2D eigenvalue weighted by Crippen LogP contribution is -2.44. The highest BCUT2D eigenvalue weighted by molar-refractivity contribution is 5.86. The van der Waals surface area contributed by atoms with E-state index in [4.69, 9.17) is 5.73 Å². The van der Waals surface area contributed by atoms with Crippen LogP contribution in [0.5, 0.6) is 0 Å². The lowest BCUT2D eigenvalue weighted by atomic mass is 10.3. The average molecular weight is 201 g/mol. The van der Waals surface area contributed by atoms with Gasteiger partial charge in [-0.3, -0.25) is 9.59 Å². The summed E-state index contributed by atoms with van der Waals surface area (Å²) in [5.74, 6) is -0.375. The molecule has 0 fully saturated rings. The van der Waals surface area contributed by atoms with Crippen LogP contribution in [0.2, 0.25) is 0 Å². The maximum atomic E-state index is 11.3. The summed E-state index contributed by atoms with van der Waals surface area (Å²) in [5, 5.41) is 2.68. The highest BCUT2D eigenvalue weighted by Crippen LogP contribution is 1.88. The van der Waals surface area contributed by atoms with Crippen LogP contribution in [-0.2, 0) is 9.59 Å². The molecular formula is C9H19N3O2. The number of hydrogen-bond donors (Lipinski definition) is 2. The summed E-state index contributed by atoms with van der Waals surface area (Å²) in [5.41, 5.74) is 5.39. The molecule has 82 valence electrons. The van der Waals surface area contributed by atoms with Gasteiger partial charge in [0.1, 0.15) is 0 Å². The van der Waals surface area contributed by atoms with Crippen molar-refractivity contribution in [3.05, 3.63) is 0 Å². The van der Waals surface area contributed by atoms with E-state index in [9.17, 15) is 9.59 Å². The third kappa shape index (κ3) is 4.81. The van der Waals surface area contributed by atoms with Gasteiger partial charge in [-0.15, -0.1) is 0 Å². The molecule has 0 radical (unpaired) electrons. The Morgan fingerprint density at radius 1 is 1.50 bits per heavy atom. The normalized spacial score (nSPS) is 12.0. The number of nitrogens with two attached hydrogens (primary N) is 1. The second kappa shape index (κ2) is 6.37. The van der Waals surface area contributed by atoms with Gasteiger partial charge >= 0.3 is 0 Å². The molecule has 0 bridgehead atoms. The van der Waals surface area contributed by atoms with Crippen molar-refractivity contribution >= 4 is 11.8 Å². The van der Waals surface area contributed by atoms with Crippen LogP contribution in [0.1, 0.15) is 20.3 Å². The molecule has 0 aromatic carbocycles. The maximum Gasteiger partial charge on any atom is 0.239 e. The minimum Gasteiger partial charge on any atom is -0.355 e. The topological polar surface area (TPSA) is 75.4 Å². The van der Waals surface area contributed by atoms with E-state index < -0.39 is 6.04 Å². The van der Waals surface area contributed by atoms with Gasteiger partial charge in [-0.25, -0.2) is 0 Å².